The van der Waals surface area contributed by atoms with Crippen molar-refractivity contribution in [3.05, 3.63) is 29.8 Å². The van der Waals surface area contributed by atoms with Crippen LogP contribution in [0.4, 0.5) is 0 Å². The van der Waals surface area contributed by atoms with Crippen molar-refractivity contribution in [1.29, 1.82) is 0 Å². The number of aliphatic hydroxyl groups excluding tert-OH is 2. The Morgan fingerprint density at radius 1 is 0.955 bits per heavy atom. The van der Waals surface area contributed by atoms with E-state index in [0.717, 1.165) is 4.31 Å². The highest BCUT2D eigenvalue weighted by Gasteiger charge is 2.24. The molecule has 0 aliphatic heterocycles. The largest absolute Gasteiger partial charge is 0.395 e. The van der Waals surface area contributed by atoms with Crippen molar-refractivity contribution in [2.45, 2.75) is 42.9 Å². The van der Waals surface area contributed by atoms with Crippen LogP contribution in [0.5, 0.6) is 0 Å². The van der Waals surface area contributed by atoms with Crippen molar-refractivity contribution >= 4 is 10.0 Å². The van der Waals surface area contributed by atoms with Crippen molar-refractivity contribution in [2.75, 3.05) is 26.3 Å². The van der Waals surface area contributed by atoms with Crippen molar-refractivity contribution in [3.8, 4) is 0 Å². The molecule has 1 aliphatic rings. The maximum Gasteiger partial charge on any atom is 0.243 e. The lowest BCUT2D eigenvalue weighted by atomic mass is 9.84. The van der Waals surface area contributed by atoms with E-state index < -0.39 is 10.0 Å². The average molecular weight is 327 g/mol. The van der Waals surface area contributed by atoms with Crippen LogP contribution >= 0.6 is 0 Å². The molecular weight excluding hydrogens is 302 g/mol. The van der Waals surface area contributed by atoms with Crippen LogP contribution in [0.15, 0.2) is 29.2 Å². The molecule has 22 heavy (non-hydrogen) atoms. The number of sulfonamides is 1. The fraction of sp³-hybridized carbons (Fsp3) is 0.625. The van der Waals surface area contributed by atoms with E-state index >= 15 is 0 Å². The topological polar surface area (TPSA) is 77.8 Å². The molecule has 5 nitrogen and oxygen atoms in total. The van der Waals surface area contributed by atoms with E-state index in [1.54, 1.807) is 12.1 Å². The summed E-state index contributed by atoms with van der Waals surface area (Å²) in [5.74, 6) is 0.538. The van der Waals surface area contributed by atoms with Gasteiger partial charge in [0.05, 0.1) is 18.1 Å². The Kier molecular flexibility index (Phi) is 6.37. The number of hydrogen-bond donors (Lipinski definition) is 2. The van der Waals surface area contributed by atoms with Gasteiger partial charge in [-0.25, -0.2) is 8.42 Å². The van der Waals surface area contributed by atoms with Crippen LogP contribution in [-0.4, -0.2) is 49.2 Å². The highest BCUT2D eigenvalue weighted by Crippen LogP contribution is 2.33. The first kappa shape index (κ1) is 17.4. The molecule has 1 aromatic carbocycles. The first-order valence-electron chi connectivity index (χ1n) is 7.91. The van der Waals surface area contributed by atoms with Crippen LogP contribution in [0, 0.1) is 0 Å². The molecule has 0 amide bonds. The molecule has 0 heterocycles. The van der Waals surface area contributed by atoms with Crippen LogP contribution < -0.4 is 0 Å². The van der Waals surface area contributed by atoms with Gasteiger partial charge in [-0.2, -0.15) is 4.31 Å². The zero-order valence-electron chi connectivity index (χ0n) is 12.8. The molecule has 1 aromatic rings. The van der Waals surface area contributed by atoms with Crippen LogP contribution in [-0.2, 0) is 10.0 Å². The Hall–Kier alpha value is -0.950. The first-order chi connectivity index (χ1) is 10.6. The summed E-state index contributed by atoms with van der Waals surface area (Å²) in [4.78, 5) is 0.217. The summed E-state index contributed by atoms with van der Waals surface area (Å²) in [6.45, 7) is -0.542. The van der Waals surface area contributed by atoms with E-state index in [-0.39, 0.29) is 31.2 Å². The molecule has 0 unspecified atom stereocenters. The van der Waals surface area contributed by atoms with Crippen LogP contribution in [0.2, 0.25) is 0 Å². The molecule has 124 valence electrons. The zero-order chi connectivity index (χ0) is 16.0. The second kappa shape index (κ2) is 8.06. The minimum atomic E-state index is -3.66. The van der Waals surface area contributed by atoms with Gasteiger partial charge >= 0.3 is 0 Å². The minimum absolute atomic E-state index is 0.00668. The Morgan fingerprint density at radius 2 is 1.50 bits per heavy atom. The lowest BCUT2D eigenvalue weighted by Crippen LogP contribution is -2.35. The second-order valence-corrected chi connectivity index (χ2v) is 7.69. The maximum atomic E-state index is 12.5. The second-order valence-electron chi connectivity index (χ2n) is 5.76. The van der Waals surface area contributed by atoms with Gasteiger partial charge in [0.2, 0.25) is 10.0 Å². The Morgan fingerprint density at radius 3 is 2.00 bits per heavy atom. The molecule has 1 saturated carbocycles. The van der Waals surface area contributed by atoms with E-state index in [0.29, 0.717) is 5.92 Å². The van der Waals surface area contributed by atoms with Gasteiger partial charge in [-0.1, -0.05) is 31.4 Å². The van der Waals surface area contributed by atoms with Gasteiger partial charge in [0.15, 0.2) is 0 Å². The molecule has 0 radical (unpaired) electrons. The summed E-state index contributed by atoms with van der Waals surface area (Å²) in [5, 5.41) is 18.0. The normalized spacial score (nSPS) is 17.0. The number of nitrogens with zero attached hydrogens (tertiary/aromatic N) is 1. The van der Waals surface area contributed by atoms with Gasteiger partial charge in [0, 0.05) is 13.1 Å². The van der Waals surface area contributed by atoms with Gasteiger partial charge in [-0.3, -0.25) is 0 Å². The summed E-state index contributed by atoms with van der Waals surface area (Å²) in [6, 6.07) is 7.08. The maximum absolute atomic E-state index is 12.5. The summed E-state index contributed by atoms with van der Waals surface area (Å²) in [7, 11) is -3.66. The first-order valence-corrected chi connectivity index (χ1v) is 9.35. The summed E-state index contributed by atoms with van der Waals surface area (Å²) in [6.07, 6.45) is 6.12. The standard InChI is InChI=1S/C16H25NO4S/c18-12-10-17(11-13-19)22(20,21)16-8-6-15(7-9-16)14-4-2-1-3-5-14/h6-9,14,18-19H,1-5,10-13H2. The molecule has 1 fully saturated rings. The molecule has 0 spiro atoms. The highest BCUT2D eigenvalue weighted by atomic mass is 32.2. The number of benzene rings is 1. The lowest BCUT2D eigenvalue weighted by Gasteiger charge is -2.23. The molecule has 0 atom stereocenters. The number of rotatable bonds is 7. The van der Waals surface area contributed by atoms with Gasteiger partial charge < -0.3 is 10.2 Å². The third-order valence-corrected chi connectivity index (χ3v) is 6.21. The van der Waals surface area contributed by atoms with E-state index in [2.05, 4.69) is 0 Å². The molecule has 0 saturated heterocycles. The molecular formula is C16H25NO4S. The third kappa shape index (κ3) is 4.07. The predicted octanol–water partition coefficient (Wildman–Crippen LogP) is 1.71. The minimum Gasteiger partial charge on any atom is -0.395 e. The molecule has 1 aliphatic carbocycles. The van der Waals surface area contributed by atoms with E-state index in [1.807, 2.05) is 12.1 Å². The Bertz CT molecular complexity index is 544. The van der Waals surface area contributed by atoms with Gasteiger partial charge in [0.25, 0.3) is 0 Å². The predicted molar refractivity (Wildman–Crippen MR) is 85.2 cm³/mol. The summed E-state index contributed by atoms with van der Waals surface area (Å²) < 4.78 is 26.1. The molecule has 0 bridgehead atoms. The molecule has 2 N–H and O–H groups in total. The molecule has 6 heteroatoms. The van der Waals surface area contributed by atoms with Gasteiger partial charge in [0.1, 0.15) is 0 Å². The quantitative estimate of drug-likeness (QED) is 0.799. The summed E-state index contributed by atoms with van der Waals surface area (Å²) in [5.41, 5.74) is 1.20. The smallest absolute Gasteiger partial charge is 0.243 e. The van der Waals surface area contributed by atoms with E-state index in [4.69, 9.17) is 10.2 Å². The Labute approximate surface area is 132 Å². The fourth-order valence-corrected chi connectivity index (χ4v) is 4.49. The fourth-order valence-electron chi connectivity index (χ4n) is 3.07. The molecule has 0 aromatic heterocycles. The Balaban J connectivity index is 2.16. The van der Waals surface area contributed by atoms with Crippen molar-refractivity contribution in [2.24, 2.45) is 0 Å². The monoisotopic (exact) mass is 327 g/mol. The number of hydrogen-bond acceptors (Lipinski definition) is 4. The lowest BCUT2D eigenvalue weighted by molar-refractivity contribution is 0.217. The highest BCUT2D eigenvalue weighted by molar-refractivity contribution is 7.89. The van der Waals surface area contributed by atoms with E-state index in [9.17, 15) is 8.42 Å². The zero-order valence-corrected chi connectivity index (χ0v) is 13.6. The average Bonchev–Trinajstić information content (AvgIpc) is 2.55. The van der Waals surface area contributed by atoms with Crippen LogP contribution in [0.3, 0.4) is 0 Å². The van der Waals surface area contributed by atoms with E-state index in [1.165, 1.54) is 37.7 Å². The van der Waals surface area contributed by atoms with Crippen LogP contribution in [0.1, 0.15) is 43.6 Å². The third-order valence-electron chi connectivity index (χ3n) is 4.29. The van der Waals surface area contributed by atoms with Gasteiger partial charge in [-0.05, 0) is 36.5 Å². The van der Waals surface area contributed by atoms with Crippen molar-refractivity contribution in [1.82, 2.24) is 4.31 Å². The number of aliphatic hydroxyl groups is 2. The van der Waals surface area contributed by atoms with Crippen molar-refractivity contribution in [3.63, 3.8) is 0 Å². The SMILES string of the molecule is O=S(=O)(c1ccc(C2CCCCC2)cc1)N(CCO)CCO. The van der Waals surface area contributed by atoms with Crippen molar-refractivity contribution < 1.29 is 18.6 Å². The molecule has 2 rings (SSSR count). The summed E-state index contributed by atoms with van der Waals surface area (Å²) >= 11 is 0. The van der Waals surface area contributed by atoms with Gasteiger partial charge in [-0.15, -0.1) is 0 Å². The van der Waals surface area contributed by atoms with Crippen LogP contribution in [0.25, 0.3) is 0 Å².